The molecule has 0 unspecified atom stereocenters. The van der Waals surface area contributed by atoms with Crippen molar-refractivity contribution in [3.05, 3.63) is 58.3 Å². The number of carbonyl (C=O) groups is 2. The second kappa shape index (κ2) is 6.44. The fourth-order valence-electron chi connectivity index (χ4n) is 2.89. The van der Waals surface area contributed by atoms with Gasteiger partial charge in [0.2, 0.25) is 5.91 Å². The smallest absolute Gasteiger partial charge is 0.221 e. The Morgan fingerprint density at radius 1 is 1.05 bits per heavy atom. The first kappa shape index (κ1) is 15.0. The lowest BCUT2D eigenvalue weighted by Gasteiger charge is -2.43. The maximum atomic E-state index is 12.2. The highest BCUT2D eigenvalue weighted by Crippen LogP contribution is 2.41. The van der Waals surface area contributed by atoms with Crippen molar-refractivity contribution < 1.29 is 9.59 Å². The maximum Gasteiger partial charge on any atom is 0.221 e. The van der Waals surface area contributed by atoms with E-state index in [1.807, 2.05) is 35.7 Å². The van der Waals surface area contributed by atoms with E-state index in [2.05, 4.69) is 17.4 Å². The maximum absolute atomic E-state index is 12.2. The lowest BCUT2D eigenvalue weighted by Crippen LogP contribution is -2.50. The normalized spacial score (nSPS) is 15.8. The zero-order valence-electron chi connectivity index (χ0n) is 12.4. The molecule has 3 rings (SSSR count). The van der Waals surface area contributed by atoms with Gasteiger partial charge in [-0.3, -0.25) is 9.59 Å². The van der Waals surface area contributed by atoms with Gasteiger partial charge in [0.15, 0.2) is 5.78 Å². The van der Waals surface area contributed by atoms with Crippen molar-refractivity contribution in [2.24, 2.45) is 0 Å². The molecule has 2 aromatic rings. The summed E-state index contributed by atoms with van der Waals surface area (Å²) in [6, 6.07) is 13.8. The Labute approximate surface area is 134 Å². The molecular weight excluding hydrogens is 294 g/mol. The van der Waals surface area contributed by atoms with Crippen LogP contribution in [0.5, 0.6) is 0 Å². The summed E-state index contributed by atoms with van der Waals surface area (Å²) in [6.07, 6.45) is 3.61. The molecule has 22 heavy (non-hydrogen) atoms. The summed E-state index contributed by atoms with van der Waals surface area (Å²) in [5.41, 5.74) is 0.948. The van der Waals surface area contributed by atoms with E-state index >= 15 is 0 Å². The van der Waals surface area contributed by atoms with Crippen molar-refractivity contribution in [2.75, 3.05) is 0 Å². The predicted octanol–water partition coefficient (Wildman–Crippen LogP) is 3.91. The third-order valence-corrected chi connectivity index (χ3v) is 5.20. The molecular formula is C18H19NO2S. The van der Waals surface area contributed by atoms with Gasteiger partial charge >= 0.3 is 0 Å². The van der Waals surface area contributed by atoms with Crippen molar-refractivity contribution in [2.45, 2.75) is 37.6 Å². The van der Waals surface area contributed by atoms with Gasteiger partial charge in [-0.15, -0.1) is 11.3 Å². The number of nitrogens with one attached hydrogen (secondary N) is 1. The van der Waals surface area contributed by atoms with Crippen LogP contribution in [0.3, 0.4) is 0 Å². The lowest BCUT2D eigenvalue weighted by atomic mass is 9.71. The molecule has 0 radical (unpaired) electrons. The second-order valence-corrected chi connectivity index (χ2v) is 6.70. The van der Waals surface area contributed by atoms with Gasteiger partial charge in [0, 0.05) is 12.8 Å². The molecule has 0 bridgehead atoms. The van der Waals surface area contributed by atoms with Gasteiger partial charge in [0.05, 0.1) is 10.4 Å². The monoisotopic (exact) mass is 313 g/mol. The first-order valence-electron chi connectivity index (χ1n) is 7.63. The summed E-state index contributed by atoms with van der Waals surface area (Å²) in [5.74, 6) is 0.0148. The number of benzene rings is 1. The number of rotatable bonds is 6. The van der Waals surface area contributed by atoms with E-state index in [4.69, 9.17) is 0 Å². The van der Waals surface area contributed by atoms with Crippen molar-refractivity contribution in [3.8, 4) is 0 Å². The molecule has 3 nitrogen and oxygen atoms in total. The first-order valence-corrected chi connectivity index (χ1v) is 8.51. The summed E-state index contributed by atoms with van der Waals surface area (Å²) in [5, 5.41) is 5.04. The van der Waals surface area contributed by atoms with E-state index < -0.39 is 0 Å². The van der Waals surface area contributed by atoms with Crippen LogP contribution >= 0.6 is 11.3 Å². The molecule has 1 heterocycles. The van der Waals surface area contributed by atoms with Gasteiger partial charge in [-0.1, -0.05) is 36.4 Å². The third-order valence-electron chi connectivity index (χ3n) is 4.29. The van der Waals surface area contributed by atoms with Crippen molar-refractivity contribution >= 4 is 23.0 Å². The van der Waals surface area contributed by atoms with Crippen LogP contribution in [0.15, 0.2) is 47.8 Å². The Morgan fingerprint density at radius 3 is 2.41 bits per heavy atom. The number of ketones is 1. The second-order valence-electron chi connectivity index (χ2n) is 5.75. The molecule has 1 aromatic heterocycles. The summed E-state index contributed by atoms with van der Waals surface area (Å²) in [7, 11) is 0. The Bertz CT molecular complexity index is 645. The van der Waals surface area contributed by atoms with Crippen LogP contribution < -0.4 is 5.32 Å². The fourth-order valence-corrected chi connectivity index (χ4v) is 3.58. The lowest BCUT2D eigenvalue weighted by molar-refractivity contribution is -0.124. The standard InChI is InChI=1S/C18H19NO2S/c20-15(16-8-4-13-22-16)9-10-17(21)19-18(11-5-12-18)14-6-2-1-3-7-14/h1-4,6-8,13H,5,9-12H2,(H,19,21). The van der Waals surface area contributed by atoms with Gasteiger partial charge in [-0.2, -0.15) is 0 Å². The van der Waals surface area contributed by atoms with Crippen molar-refractivity contribution in [3.63, 3.8) is 0 Å². The molecule has 1 N–H and O–H groups in total. The molecule has 1 aliphatic carbocycles. The molecule has 1 aromatic carbocycles. The average Bonchev–Trinajstić information content (AvgIpc) is 3.04. The summed E-state index contributed by atoms with van der Waals surface area (Å²) < 4.78 is 0. The number of Topliss-reactive ketones (excluding diaryl/α,β-unsaturated/α-hetero) is 1. The highest BCUT2D eigenvalue weighted by molar-refractivity contribution is 7.12. The number of hydrogen-bond acceptors (Lipinski definition) is 3. The molecule has 1 amide bonds. The molecule has 0 atom stereocenters. The third kappa shape index (κ3) is 3.12. The Kier molecular flexibility index (Phi) is 4.39. The Morgan fingerprint density at radius 2 is 1.82 bits per heavy atom. The Hall–Kier alpha value is -1.94. The van der Waals surface area contributed by atoms with Gasteiger partial charge in [-0.05, 0) is 36.3 Å². The minimum absolute atomic E-state index is 0.0338. The Balaban J connectivity index is 1.58. The summed E-state index contributed by atoms with van der Waals surface area (Å²) >= 11 is 1.43. The van der Waals surface area contributed by atoms with Crippen LogP contribution in [-0.2, 0) is 10.3 Å². The summed E-state index contributed by atoms with van der Waals surface area (Å²) in [4.78, 5) is 24.9. The number of hydrogen-bond donors (Lipinski definition) is 1. The highest BCUT2D eigenvalue weighted by atomic mass is 32.1. The van der Waals surface area contributed by atoms with Crippen LogP contribution in [-0.4, -0.2) is 11.7 Å². The van der Waals surface area contributed by atoms with E-state index in [-0.39, 0.29) is 30.1 Å². The minimum Gasteiger partial charge on any atom is -0.347 e. The van der Waals surface area contributed by atoms with Gasteiger partial charge in [0.1, 0.15) is 0 Å². The molecule has 0 saturated heterocycles. The highest BCUT2D eigenvalue weighted by Gasteiger charge is 2.39. The van der Waals surface area contributed by atoms with Crippen LogP contribution in [0, 0.1) is 0 Å². The first-order chi connectivity index (χ1) is 10.7. The van der Waals surface area contributed by atoms with Gasteiger partial charge < -0.3 is 5.32 Å². The quantitative estimate of drug-likeness (QED) is 0.822. The average molecular weight is 313 g/mol. The number of thiophene rings is 1. The van der Waals surface area contributed by atoms with Crippen molar-refractivity contribution in [1.82, 2.24) is 5.32 Å². The number of amides is 1. The number of carbonyl (C=O) groups excluding carboxylic acids is 2. The van der Waals surface area contributed by atoms with Gasteiger partial charge in [-0.25, -0.2) is 0 Å². The van der Waals surface area contributed by atoms with E-state index in [1.165, 1.54) is 16.9 Å². The molecule has 0 aliphatic heterocycles. The summed E-state index contributed by atoms with van der Waals surface area (Å²) in [6.45, 7) is 0. The molecule has 1 aliphatic rings. The van der Waals surface area contributed by atoms with Crippen molar-refractivity contribution in [1.29, 1.82) is 0 Å². The predicted molar refractivity (Wildman–Crippen MR) is 88.0 cm³/mol. The van der Waals surface area contributed by atoms with Crippen LogP contribution in [0.4, 0.5) is 0 Å². The molecule has 1 fully saturated rings. The van der Waals surface area contributed by atoms with Crippen LogP contribution in [0.25, 0.3) is 0 Å². The molecule has 4 heteroatoms. The molecule has 0 spiro atoms. The van der Waals surface area contributed by atoms with Gasteiger partial charge in [0.25, 0.3) is 0 Å². The molecule has 1 saturated carbocycles. The zero-order chi connectivity index (χ0) is 15.4. The minimum atomic E-state index is -0.218. The topological polar surface area (TPSA) is 46.2 Å². The van der Waals surface area contributed by atoms with E-state index in [1.54, 1.807) is 0 Å². The van der Waals surface area contributed by atoms with E-state index in [9.17, 15) is 9.59 Å². The van der Waals surface area contributed by atoms with E-state index in [0.29, 0.717) is 0 Å². The SMILES string of the molecule is O=C(CCC(=O)c1cccs1)NC1(c2ccccc2)CCC1. The van der Waals surface area contributed by atoms with Crippen LogP contribution in [0.2, 0.25) is 0 Å². The largest absolute Gasteiger partial charge is 0.347 e. The van der Waals surface area contributed by atoms with E-state index in [0.717, 1.165) is 24.1 Å². The molecule has 114 valence electrons. The zero-order valence-corrected chi connectivity index (χ0v) is 13.2. The fraction of sp³-hybridized carbons (Fsp3) is 0.333. The van der Waals surface area contributed by atoms with Crippen LogP contribution in [0.1, 0.15) is 47.3 Å².